The van der Waals surface area contributed by atoms with Crippen LogP contribution in [0.4, 0.5) is 5.69 Å². The number of nitriles is 1. The van der Waals surface area contributed by atoms with Gasteiger partial charge in [0, 0.05) is 12.6 Å². The van der Waals surface area contributed by atoms with E-state index < -0.39 is 24.0 Å². The van der Waals surface area contributed by atoms with Gasteiger partial charge in [0.25, 0.3) is 5.91 Å². The first-order chi connectivity index (χ1) is 11.3. The van der Waals surface area contributed by atoms with Crippen molar-refractivity contribution in [3.05, 3.63) is 29.8 Å². The Bertz CT molecular complexity index is 689. The lowest BCUT2D eigenvalue weighted by atomic mass is 9.98. The van der Waals surface area contributed by atoms with E-state index in [-0.39, 0.29) is 17.4 Å². The highest BCUT2D eigenvalue weighted by Gasteiger charge is 2.43. The zero-order chi connectivity index (χ0) is 17.7. The van der Waals surface area contributed by atoms with Gasteiger partial charge in [-0.15, -0.1) is 0 Å². The van der Waals surface area contributed by atoms with Crippen molar-refractivity contribution < 1.29 is 19.1 Å². The molecule has 126 valence electrons. The SMILES string of the molecule is CC(=O)Nc1ccc(C(=O)OCC(=O)N[C@@](C)(C#N)C2CC2)cc1. The van der Waals surface area contributed by atoms with E-state index in [1.807, 2.05) is 0 Å². The lowest BCUT2D eigenvalue weighted by molar-refractivity contribution is -0.125. The van der Waals surface area contributed by atoms with Crippen LogP contribution >= 0.6 is 0 Å². The summed E-state index contributed by atoms with van der Waals surface area (Å²) in [5, 5.41) is 14.4. The van der Waals surface area contributed by atoms with E-state index in [2.05, 4.69) is 16.7 Å². The minimum absolute atomic E-state index is 0.156. The summed E-state index contributed by atoms with van der Waals surface area (Å²) in [5.74, 6) is -1.21. The van der Waals surface area contributed by atoms with E-state index in [4.69, 9.17) is 4.74 Å². The molecule has 0 bridgehead atoms. The third-order valence-electron chi connectivity index (χ3n) is 3.80. The summed E-state index contributed by atoms with van der Waals surface area (Å²) < 4.78 is 4.95. The van der Waals surface area contributed by atoms with Gasteiger partial charge in [0.1, 0.15) is 5.54 Å². The maximum atomic E-state index is 11.9. The lowest BCUT2D eigenvalue weighted by Gasteiger charge is -2.22. The van der Waals surface area contributed by atoms with Gasteiger partial charge in [0.15, 0.2) is 6.61 Å². The Morgan fingerprint density at radius 1 is 1.29 bits per heavy atom. The van der Waals surface area contributed by atoms with Crippen molar-refractivity contribution in [1.82, 2.24) is 5.32 Å². The summed E-state index contributed by atoms with van der Waals surface area (Å²) in [6.07, 6.45) is 1.82. The Labute approximate surface area is 140 Å². The number of hydrogen-bond donors (Lipinski definition) is 2. The highest BCUT2D eigenvalue weighted by atomic mass is 16.5. The number of anilines is 1. The number of hydrogen-bond acceptors (Lipinski definition) is 5. The molecule has 0 radical (unpaired) electrons. The molecule has 2 amide bonds. The Morgan fingerprint density at radius 2 is 1.92 bits per heavy atom. The lowest BCUT2D eigenvalue weighted by Crippen LogP contribution is -2.48. The number of nitrogens with zero attached hydrogens (tertiary/aromatic N) is 1. The molecule has 1 aromatic carbocycles. The molecule has 1 aromatic rings. The molecule has 1 atom stereocenters. The monoisotopic (exact) mass is 329 g/mol. The quantitative estimate of drug-likeness (QED) is 0.771. The van der Waals surface area contributed by atoms with Crippen molar-refractivity contribution in [2.45, 2.75) is 32.2 Å². The Balaban J connectivity index is 1.85. The molecule has 0 aromatic heterocycles. The average molecular weight is 329 g/mol. The van der Waals surface area contributed by atoms with Crippen LogP contribution in [0.3, 0.4) is 0 Å². The van der Waals surface area contributed by atoms with E-state index in [0.29, 0.717) is 5.69 Å². The maximum absolute atomic E-state index is 11.9. The van der Waals surface area contributed by atoms with Crippen LogP contribution < -0.4 is 10.6 Å². The Kier molecular flexibility index (Phi) is 5.19. The Hall–Kier alpha value is -2.88. The molecule has 0 spiro atoms. The second-order valence-electron chi connectivity index (χ2n) is 5.97. The van der Waals surface area contributed by atoms with Crippen LogP contribution in [0.1, 0.15) is 37.0 Å². The van der Waals surface area contributed by atoms with Gasteiger partial charge in [-0.25, -0.2) is 4.79 Å². The summed E-state index contributed by atoms with van der Waals surface area (Å²) in [4.78, 5) is 34.7. The fourth-order valence-electron chi connectivity index (χ4n) is 2.32. The van der Waals surface area contributed by atoms with Crippen LogP contribution in [-0.4, -0.2) is 29.9 Å². The number of benzene rings is 1. The van der Waals surface area contributed by atoms with Gasteiger partial charge < -0.3 is 15.4 Å². The first kappa shape index (κ1) is 17.5. The van der Waals surface area contributed by atoms with Crippen LogP contribution in [0.15, 0.2) is 24.3 Å². The number of ether oxygens (including phenoxy) is 1. The van der Waals surface area contributed by atoms with Crippen LogP contribution in [0.5, 0.6) is 0 Å². The van der Waals surface area contributed by atoms with E-state index in [0.717, 1.165) is 12.8 Å². The van der Waals surface area contributed by atoms with Crippen LogP contribution in [0.25, 0.3) is 0 Å². The van der Waals surface area contributed by atoms with Gasteiger partial charge in [0.2, 0.25) is 5.91 Å². The van der Waals surface area contributed by atoms with Gasteiger partial charge >= 0.3 is 5.97 Å². The molecule has 0 saturated heterocycles. The van der Waals surface area contributed by atoms with Gasteiger partial charge in [-0.1, -0.05) is 0 Å². The smallest absolute Gasteiger partial charge is 0.338 e. The highest BCUT2D eigenvalue weighted by molar-refractivity contribution is 5.93. The molecule has 0 unspecified atom stereocenters. The third-order valence-corrected chi connectivity index (χ3v) is 3.80. The van der Waals surface area contributed by atoms with Gasteiger partial charge in [-0.2, -0.15) is 5.26 Å². The molecule has 1 saturated carbocycles. The summed E-state index contributed by atoms with van der Waals surface area (Å²) in [6.45, 7) is 2.61. The number of carbonyl (C=O) groups is 3. The predicted octanol–water partition coefficient (Wildman–Crippen LogP) is 1.61. The third kappa shape index (κ3) is 4.56. The minimum atomic E-state index is -0.913. The largest absolute Gasteiger partial charge is 0.452 e. The number of nitrogens with one attached hydrogen (secondary N) is 2. The normalized spacial score (nSPS) is 15.5. The maximum Gasteiger partial charge on any atom is 0.338 e. The van der Waals surface area contributed by atoms with E-state index in [1.54, 1.807) is 19.1 Å². The average Bonchev–Trinajstić information content (AvgIpc) is 3.38. The van der Waals surface area contributed by atoms with Crippen molar-refractivity contribution in [2.24, 2.45) is 5.92 Å². The minimum Gasteiger partial charge on any atom is -0.452 e. The molecule has 7 nitrogen and oxygen atoms in total. The number of amides is 2. The van der Waals surface area contributed by atoms with Crippen LogP contribution in [0.2, 0.25) is 0 Å². The molecule has 24 heavy (non-hydrogen) atoms. The van der Waals surface area contributed by atoms with Crippen molar-refractivity contribution in [2.75, 3.05) is 11.9 Å². The predicted molar refractivity (Wildman–Crippen MR) is 85.9 cm³/mol. The second kappa shape index (κ2) is 7.13. The fraction of sp³-hybridized carbons (Fsp3) is 0.412. The zero-order valence-electron chi connectivity index (χ0n) is 13.6. The van der Waals surface area contributed by atoms with E-state index in [9.17, 15) is 19.6 Å². The van der Waals surface area contributed by atoms with E-state index >= 15 is 0 Å². The zero-order valence-corrected chi connectivity index (χ0v) is 13.6. The van der Waals surface area contributed by atoms with Crippen LogP contribution in [-0.2, 0) is 14.3 Å². The molecular formula is C17H19N3O4. The summed E-state index contributed by atoms with van der Waals surface area (Å²) in [6, 6.07) is 8.23. The first-order valence-corrected chi connectivity index (χ1v) is 7.61. The van der Waals surface area contributed by atoms with Crippen LogP contribution in [0, 0.1) is 17.2 Å². The molecule has 2 N–H and O–H groups in total. The Morgan fingerprint density at radius 3 is 2.42 bits per heavy atom. The topological polar surface area (TPSA) is 108 Å². The molecule has 7 heteroatoms. The van der Waals surface area contributed by atoms with Gasteiger partial charge in [-0.05, 0) is 49.9 Å². The first-order valence-electron chi connectivity index (χ1n) is 7.61. The molecule has 1 fully saturated rings. The van der Waals surface area contributed by atoms with Crippen molar-refractivity contribution in [3.8, 4) is 6.07 Å². The van der Waals surface area contributed by atoms with Crippen molar-refractivity contribution in [3.63, 3.8) is 0 Å². The summed E-state index contributed by atoms with van der Waals surface area (Å²) >= 11 is 0. The molecule has 1 aliphatic rings. The van der Waals surface area contributed by atoms with Gasteiger partial charge in [-0.3, -0.25) is 9.59 Å². The highest BCUT2D eigenvalue weighted by Crippen LogP contribution is 2.39. The van der Waals surface area contributed by atoms with Crippen molar-refractivity contribution in [1.29, 1.82) is 5.26 Å². The summed E-state index contributed by atoms with van der Waals surface area (Å²) in [7, 11) is 0. The molecule has 0 aliphatic heterocycles. The molecule has 2 rings (SSSR count). The van der Waals surface area contributed by atoms with E-state index in [1.165, 1.54) is 19.1 Å². The number of carbonyl (C=O) groups excluding carboxylic acids is 3. The molecular weight excluding hydrogens is 310 g/mol. The second-order valence-corrected chi connectivity index (χ2v) is 5.97. The molecule has 1 aliphatic carbocycles. The molecule has 0 heterocycles. The number of esters is 1. The van der Waals surface area contributed by atoms with Crippen molar-refractivity contribution >= 4 is 23.5 Å². The number of rotatable bonds is 6. The fourth-order valence-corrected chi connectivity index (χ4v) is 2.32. The standard InChI is InChI=1S/C17H19N3O4/c1-11(21)19-14-7-3-12(4-8-14)16(23)24-9-15(22)20-17(2,10-18)13-5-6-13/h3-4,7-8,13H,5-6,9H2,1-2H3,(H,19,21)(H,20,22)/t17-/m0/s1. The van der Waals surface area contributed by atoms with Gasteiger partial charge in [0.05, 0.1) is 11.6 Å². The summed E-state index contributed by atoms with van der Waals surface area (Å²) in [5.41, 5.74) is -0.0862.